The lowest BCUT2D eigenvalue weighted by molar-refractivity contribution is -0.116. The second-order valence-corrected chi connectivity index (χ2v) is 11.2. The summed E-state index contributed by atoms with van der Waals surface area (Å²) in [5, 5.41) is 5.92. The van der Waals surface area contributed by atoms with Gasteiger partial charge in [-0.3, -0.25) is 4.79 Å². The molecule has 2 N–H and O–H groups in total. The van der Waals surface area contributed by atoms with Crippen molar-refractivity contribution in [3.63, 3.8) is 0 Å². The molecule has 35 heavy (non-hydrogen) atoms. The molecule has 1 aliphatic heterocycles. The summed E-state index contributed by atoms with van der Waals surface area (Å²) in [6, 6.07) is 11.8. The highest BCUT2D eigenvalue weighted by molar-refractivity contribution is 7.90. The number of amides is 1. The molecule has 1 amide bonds. The van der Waals surface area contributed by atoms with Gasteiger partial charge in [0.15, 0.2) is 21.5 Å². The Morgan fingerprint density at radius 3 is 2.49 bits per heavy atom. The fourth-order valence-electron chi connectivity index (χ4n) is 4.65. The maximum atomic E-state index is 14.5. The Kier molecular flexibility index (Phi) is 5.88. The molecule has 1 aromatic heterocycles. The molecular formula is C24H23ClFN5O3S. The molecular weight excluding hydrogens is 493 g/mol. The summed E-state index contributed by atoms with van der Waals surface area (Å²) < 4.78 is 37.8. The minimum absolute atomic E-state index is 0.0144. The highest BCUT2D eigenvalue weighted by Crippen LogP contribution is 2.53. The number of aromatic nitrogens is 2. The maximum Gasteiger partial charge on any atom is 0.241 e. The lowest BCUT2D eigenvalue weighted by Crippen LogP contribution is -2.41. The highest BCUT2D eigenvalue weighted by Gasteiger charge is 2.48. The van der Waals surface area contributed by atoms with Crippen LogP contribution in [0.3, 0.4) is 0 Å². The number of nitrogens with zero attached hydrogens (tertiary/aromatic N) is 3. The van der Waals surface area contributed by atoms with Gasteiger partial charge < -0.3 is 15.5 Å². The van der Waals surface area contributed by atoms with Crippen LogP contribution in [0.4, 0.5) is 33.2 Å². The first-order chi connectivity index (χ1) is 16.7. The summed E-state index contributed by atoms with van der Waals surface area (Å²) in [6.45, 7) is 0.616. The molecule has 0 bridgehead atoms. The zero-order valence-corrected chi connectivity index (χ0v) is 20.5. The van der Waals surface area contributed by atoms with Crippen molar-refractivity contribution >= 4 is 56.2 Å². The average molecular weight is 516 g/mol. The number of nitrogens with one attached hydrogen (secondary N) is 2. The second kappa shape index (κ2) is 8.76. The molecule has 1 fully saturated rings. The van der Waals surface area contributed by atoms with Gasteiger partial charge in [-0.25, -0.2) is 17.8 Å². The number of rotatable bonds is 6. The molecule has 1 spiro atoms. The van der Waals surface area contributed by atoms with Crippen molar-refractivity contribution in [2.24, 2.45) is 0 Å². The number of halogens is 2. The van der Waals surface area contributed by atoms with Gasteiger partial charge in [-0.05, 0) is 54.8 Å². The molecule has 2 aromatic carbocycles. The van der Waals surface area contributed by atoms with E-state index in [0.717, 1.165) is 43.0 Å². The van der Waals surface area contributed by atoms with E-state index in [9.17, 15) is 17.6 Å². The summed E-state index contributed by atoms with van der Waals surface area (Å²) in [5.41, 5.74) is 3.02. The number of carbonyl (C=O) groups excluding carboxylic acids is 1. The molecule has 182 valence electrons. The van der Waals surface area contributed by atoms with Crippen molar-refractivity contribution in [3.8, 4) is 0 Å². The van der Waals surface area contributed by atoms with Gasteiger partial charge in [-0.2, -0.15) is 4.98 Å². The molecule has 1 aliphatic carbocycles. The monoisotopic (exact) mass is 515 g/mol. The quantitative estimate of drug-likeness (QED) is 0.465. The number of hydrogen-bond acceptors (Lipinski definition) is 7. The van der Waals surface area contributed by atoms with E-state index >= 15 is 0 Å². The van der Waals surface area contributed by atoms with Crippen LogP contribution in [0.1, 0.15) is 24.8 Å². The highest BCUT2D eigenvalue weighted by atomic mass is 35.5. The third-order valence-corrected chi connectivity index (χ3v) is 7.95. The molecule has 0 atom stereocenters. The van der Waals surface area contributed by atoms with Crippen molar-refractivity contribution in [1.82, 2.24) is 9.97 Å². The van der Waals surface area contributed by atoms with Crippen LogP contribution in [0.2, 0.25) is 0 Å². The Balaban J connectivity index is 1.39. The topological polar surface area (TPSA) is 104 Å². The smallest absolute Gasteiger partial charge is 0.241 e. The van der Waals surface area contributed by atoms with E-state index in [1.54, 1.807) is 17.0 Å². The maximum absolute atomic E-state index is 14.5. The molecule has 2 heterocycles. The van der Waals surface area contributed by atoms with Crippen molar-refractivity contribution in [2.45, 2.75) is 29.6 Å². The molecule has 2 aliphatic rings. The van der Waals surface area contributed by atoms with Crippen molar-refractivity contribution in [1.29, 1.82) is 0 Å². The number of fused-ring (bicyclic) bond motifs is 2. The number of benzene rings is 2. The molecule has 3 aromatic rings. The number of alkyl halides is 1. The van der Waals surface area contributed by atoms with Gasteiger partial charge in [0.2, 0.25) is 11.9 Å². The van der Waals surface area contributed by atoms with Crippen LogP contribution in [-0.4, -0.2) is 43.0 Å². The zero-order valence-electron chi connectivity index (χ0n) is 18.9. The summed E-state index contributed by atoms with van der Waals surface area (Å²) in [6.07, 6.45) is 5.36. The largest absolute Gasteiger partial charge is 0.338 e. The third-order valence-electron chi connectivity index (χ3n) is 6.59. The summed E-state index contributed by atoms with van der Waals surface area (Å²) in [5.74, 6) is -0.812. The summed E-state index contributed by atoms with van der Waals surface area (Å²) in [4.78, 5) is 22.6. The van der Waals surface area contributed by atoms with Gasteiger partial charge in [0, 0.05) is 35.3 Å². The van der Waals surface area contributed by atoms with Crippen LogP contribution in [0.5, 0.6) is 0 Å². The van der Waals surface area contributed by atoms with Gasteiger partial charge in [-0.1, -0.05) is 12.5 Å². The zero-order chi connectivity index (χ0) is 24.8. The van der Waals surface area contributed by atoms with Crippen LogP contribution in [0.25, 0.3) is 0 Å². The van der Waals surface area contributed by atoms with Crippen molar-refractivity contribution in [2.75, 3.05) is 34.2 Å². The van der Waals surface area contributed by atoms with E-state index in [-0.39, 0.29) is 33.9 Å². The Morgan fingerprint density at radius 1 is 1.14 bits per heavy atom. The molecule has 0 radical (unpaired) electrons. The molecule has 5 rings (SSSR count). The van der Waals surface area contributed by atoms with Crippen molar-refractivity contribution < 1.29 is 17.6 Å². The lowest BCUT2D eigenvalue weighted by Gasteiger charge is -2.38. The van der Waals surface area contributed by atoms with Gasteiger partial charge in [-0.15, -0.1) is 11.6 Å². The predicted octanol–water partition coefficient (Wildman–Crippen LogP) is 4.51. The lowest BCUT2D eigenvalue weighted by atomic mass is 9.66. The predicted molar refractivity (Wildman–Crippen MR) is 133 cm³/mol. The Morgan fingerprint density at radius 2 is 1.86 bits per heavy atom. The van der Waals surface area contributed by atoms with Crippen LogP contribution >= 0.6 is 11.6 Å². The van der Waals surface area contributed by atoms with E-state index in [4.69, 9.17) is 11.6 Å². The fourth-order valence-corrected chi connectivity index (χ4v) is 5.42. The summed E-state index contributed by atoms with van der Waals surface area (Å²) >= 11 is 5.85. The first-order valence-corrected chi connectivity index (χ1v) is 13.5. The Bertz CT molecular complexity index is 1410. The number of sulfone groups is 1. The van der Waals surface area contributed by atoms with E-state index in [1.807, 2.05) is 18.2 Å². The fraction of sp³-hybridized carbons (Fsp3) is 0.292. The van der Waals surface area contributed by atoms with Crippen LogP contribution < -0.4 is 15.5 Å². The van der Waals surface area contributed by atoms with Crippen LogP contribution in [-0.2, 0) is 20.0 Å². The molecule has 1 saturated carbocycles. The normalized spacial score (nSPS) is 16.0. The minimum atomic E-state index is -3.31. The van der Waals surface area contributed by atoms with Gasteiger partial charge in [0.1, 0.15) is 5.88 Å². The first-order valence-electron chi connectivity index (χ1n) is 11.1. The van der Waals surface area contributed by atoms with E-state index in [1.165, 1.54) is 12.1 Å². The number of carbonyl (C=O) groups is 1. The van der Waals surface area contributed by atoms with Gasteiger partial charge in [0.05, 0.1) is 11.1 Å². The minimum Gasteiger partial charge on any atom is -0.338 e. The standard InChI is InChI=1S/C24H23ClFN5O3S/c1-35(33,34)17-6-3-15(4-7-17)29-23-27-13-19(26)22(30-23)28-16-5-8-18-20(11-16)31(21(32)12-25)14-24(18)9-2-10-24/h3-8,11,13H,2,9-10,12,14H2,1H3,(H2,27,28,29,30). The number of hydrogen-bond donors (Lipinski definition) is 2. The third kappa shape index (κ3) is 4.43. The summed E-state index contributed by atoms with van der Waals surface area (Å²) in [7, 11) is -3.31. The van der Waals surface area contributed by atoms with E-state index < -0.39 is 15.7 Å². The first kappa shape index (κ1) is 23.5. The Labute approximate surface area is 207 Å². The average Bonchev–Trinajstić information content (AvgIpc) is 3.16. The number of anilines is 5. The molecule has 11 heteroatoms. The molecule has 8 nitrogen and oxygen atoms in total. The molecule has 0 saturated heterocycles. The Hall–Kier alpha value is -3.24. The van der Waals surface area contributed by atoms with E-state index in [2.05, 4.69) is 20.6 Å². The molecule has 0 unspecified atom stereocenters. The van der Waals surface area contributed by atoms with Crippen molar-refractivity contribution in [3.05, 3.63) is 60.0 Å². The van der Waals surface area contributed by atoms with Gasteiger partial charge in [0.25, 0.3) is 0 Å². The van der Waals surface area contributed by atoms with E-state index in [0.29, 0.717) is 17.9 Å². The van der Waals surface area contributed by atoms with Crippen LogP contribution in [0, 0.1) is 5.82 Å². The second-order valence-electron chi connectivity index (χ2n) is 8.92. The van der Waals surface area contributed by atoms with Gasteiger partial charge >= 0.3 is 0 Å². The SMILES string of the molecule is CS(=O)(=O)c1ccc(Nc2ncc(F)c(Nc3ccc4c(c3)N(C(=O)CCl)CC43CCC3)n2)cc1. The van der Waals surface area contributed by atoms with Crippen LogP contribution in [0.15, 0.2) is 53.6 Å².